The summed E-state index contributed by atoms with van der Waals surface area (Å²) in [6, 6.07) is 5.90. The lowest BCUT2D eigenvalue weighted by molar-refractivity contribution is 0.288. The second kappa shape index (κ2) is 2.74. The highest BCUT2D eigenvalue weighted by Crippen LogP contribution is 2.31. The maximum absolute atomic E-state index is 5.92. The molecule has 0 unspecified atom stereocenters. The minimum absolute atomic E-state index is 0.738. The summed E-state index contributed by atoms with van der Waals surface area (Å²) in [5, 5.41) is 0.738. The number of ether oxygens (including phenoxy) is 1. The van der Waals surface area contributed by atoms with Gasteiger partial charge < -0.3 is 4.74 Å². The van der Waals surface area contributed by atoms with Gasteiger partial charge in [-0.15, -0.1) is 0 Å². The van der Waals surface area contributed by atoms with E-state index in [0.717, 1.165) is 30.2 Å². The topological polar surface area (TPSA) is 9.23 Å². The predicted octanol–water partition coefficient (Wildman–Crippen LogP) is 2.67. The minimum Gasteiger partial charge on any atom is -0.492 e. The molecular weight excluding hydrogens is 160 g/mol. The van der Waals surface area contributed by atoms with E-state index in [4.69, 9.17) is 16.3 Å². The van der Waals surface area contributed by atoms with Crippen LogP contribution in [0.1, 0.15) is 12.0 Å². The third kappa shape index (κ3) is 1.21. The summed E-state index contributed by atoms with van der Waals surface area (Å²) in [6.07, 6.45) is 2.20. The molecular formula is C9H9ClO. The summed E-state index contributed by atoms with van der Waals surface area (Å²) >= 11 is 5.92. The zero-order chi connectivity index (χ0) is 7.68. The Morgan fingerprint density at radius 3 is 3.09 bits per heavy atom. The first-order valence-corrected chi connectivity index (χ1v) is 4.16. The first-order valence-electron chi connectivity index (χ1n) is 3.78. The molecule has 1 nitrogen and oxygen atoms in total. The molecule has 1 aliphatic rings. The summed E-state index contributed by atoms with van der Waals surface area (Å²) in [5.74, 6) is 0.889. The van der Waals surface area contributed by atoms with Crippen LogP contribution in [0.25, 0.3) is 0 Å². The molecule has 1 aromatic rings. The summed E-state index contributed by atoms with van der Waals surface area (Å²) in [7, 11) is 0. The van der Waals surface area contributed by atoms with Crippen molar-refractivity contribution >= 4 is 11.6 Å². The molecule has 1 aromatic carbocycles. The van der Waals surface area contributed by atoms with Crippen LogP contribution in [0.3, 0.4) is 0 Å². The van der Waals surface area contributed by atoms with E-state index in [0.29, 0.717) is 0 Å². The first kappa shape index (κ1) is 6.99. The molecule has 0 saturated heterocycles. The lowest BCUT2D eigenvalue weighted by Crippen LogP contribution is -2.08. The second-order valence-corrected chi connectivity index (χ2v) is 3.09. The average Bonchev–Trinajstić information content (AvgIpc) is 2.06. The van der Waals surface area contributed by atoms with Crippen molar-refractivity contribution in [3.05, 3.63) is 28.8 Å². The number of hydrogen-bond donors (Lipinski definition) is 0. The standard InChI is InChI=1S/C9H9ClO/c10-8-5-1-3-7-4-2-6-11-9(7)8/h1,3,5H,2,4,6H2. The molecule has 0 aromatic heterocycles. The molecule has 1 heterocycles. The van der Waals surface area contributed by atoms with Gasteiger partial charge in [0.15, 0.2) is 0 Å². The van der Waals surface area contributed by atoms with Gasteiger partial charge in [-0.1, -0.05) is 23.7 Å². The van der Waals surface area contributed by atoms with Crippen LogP contribution in [0, 0.1) is 0 Å². The van der Waals surface area contributed by atoms with E-state index in [1.54, 1.807) is 0 Å². The summed E-state index contributed by atoms with van der Waals surface area (Å²) in [5.41, 5.74) is 1.24. The van der Waals surface area contributed by atoms with E-state index in [1.165, 1.54) is 5.56 Å². The van der Waals surface area contributed by atoms with Crippen LogP contribution in [0.2, 0.25) is 5.02 Å². The molecule has 0 atom stereocenters. The zero-order valence-electron chi connectivity index (χ0n) is 6.14. The molecule has 0 spiro atoms. The maximum Gasteiger partial charge on any atom is 0.141 e. The molecule has 2 heteroatoms. The van der Waals surface area contributed by atoms with Gasteiger partial charge in [-0.25, -0.2) is 0 Å². The normalized spacial score (nSPS) is 15.4. The van der Waals surface area contributed by atoms with E-state index in [-0.39, 0.29) is 0 Å². The Morgan fingerprint density at radius 1 is 1.36 bits per heavy atom. The maximum atomic E-state index is 5.92. The lowest BCUT2D eigenvalue weighted by atomic mass is 10.1. The summed E-state index contributed by atoms with van der Waals surface area (Å²) < 4.78 is 5.42. The number of rotatable bonds is 0. The Hall–Kier alpha value is -0.690. The van der Waals surface area contributed by atoms with Crippen LogP contribution in [0.5, 0.6) is 5.75 Å². The van der Waals surface area contributed by atoms with Gasteiger partial charge in [-0.3, -0.25) is 0 Å². The Kier molecular flexibility index (Phi) is 1.74. The smallest absolute Gasteiger partial charge is 0.141 e. The molecule has 0 N–H and O–H groups in total. The fraction of sp³-hybridized carbons (Fsp3) is 0.333. The van der Waals surface area contributed by atoms with Crippen LogP contribution in [-0.4, -0.2) is 6.61 Å². The predicted molar refractivity (Wildman–Crippen MR) is 45.3 cm³/mol. The molecule has 11 heavy (non-hydrogen) atoms. The average molecular weight is 169 g/mol. The van der Waals surface area contributed by atoms with Crippen molar-refractivity contribution in [1.82, 2.24) is 0 Å². The van der Waals surface area contributed by atoms with Gasteiger partial charge in [-0.05, 0) is 24.5 Å². The monoisotopic (exact) mass is 168 g/mol. The van der Waals surface area contributed by atoms with Crippen molar-refractivity contribution in [1.29, 1.82) is 0 Å². The Bertz CT molecular complexity index is 270. The van der Waals surface area contributed by atoms with E-state index in [9.17, 15) is 0 Å². The van der Waals surface area contributed by atoms with Crippen molar-refractivity contribution in [2.24, 2.45) is 0 Å². The third-order valence-corrected chi connectivity index (χ3v) is 2.18. The lowest BCUT2D eigenvalue weighted by Gasteiger charge is -2.17. The van der Waals surface area contributed by atoms with Gasteiger partial charge in [0.25, 0.3) is 0 Å². The van der Waals surface area contributed by atoms with Crippen LogP contribution >= 0.6 is 11.6 Å². The number of aryl methyl sites for hydroxylation is 1. The van der Waals surface area contributed by atoms with Gasteiger partial charge in [0.2, 0.25) is 0 Å². The van der Waals surface area contributed by atoms with Crippen molar-refractivity contribution in [2.75, 3.05) is 6.61 Å². The minimum atomic E-state index is 0.738. The Morgan fingerprint density at radius 2 is 2.27 bits per heavy atom. The number of benzene rings is 1. The molecule has 0 saturated carbocycles. The molecule has 58 valence electrons. The quantitative estimate of drug-likeness (QED) is 0.579. The molecule has 2 rings (SSSR count). The van der Waals surface area contributed by atoms with Crippen LogP contribution in [-0.2, 0) is 6.42 Å². The van der Waals surface area contributed by atoms with E-state index < -0.39 is 0 Å². The summed E-state index contributed by atoms with van der Waals surface area (Å²) in [6.45, 7) is 0.802. The van der Waals surface area contributed by atoms with Crippen molar-refractivity contribution in [3.8, 4) is 5.75 Å². The highest BCUT2D eigenvalue weighted by atomic mass is 35.5. The molecule has 1 aliphatic heterocycles. The third-order valence-electron chi connectivity index (χ3n) is 1.89. The molecule has 0 bridgehead atoms. The highest BCUT2D eigenvalue weighted by molar-refractivity contribution is 6.32. The number of hydrogen-bond acceptors (Lipinski definition) is 1. The fourth-order valence-electron chi connectivity index (χ4n) is 1.35. The first-order chi connectivity index (χ1) is 5.38. The Labute approximate surface area is 70.9 Å². The molecule has 0 amide bonds. The molecule has 0 fully saturated rings. The Balaban J connectivity index is 2.49. The van der Waals surface area contributed by atoms with Crippen molar-refractivity contribution < 1.29 is 4.74 Å². The molecule has 0 radical (unpaired) electrons. The van der Waals surface area contributed by atoms with Crippen molar-refractivity contribution in [3.63, 3.8) is 0 Å². The number of para-hydroxylation sites is 1. The van der Waals surface area contributed by atoms with Gasteiger partial charge in [-0.2, -0.15) is 0 Å². The largest absolute Gasteiger partial charge is 0.492 e. The fourth-order valence-corrected chi connectivity index (χ4v) is 1.60. The van der Waals surface area contributed by atoms with Crippen LogP contribution in [0.15, 0.2) is 18.2 Å². The van der Waals surface area contributed by atoms with Crippen LogP contribution < -0.4 is 4.74 Å². The van der Waals surface area contributed by atoms with Gasteiger partial charge in [0.05, 0.1) is 11.6 Å². The number of fused-ring (bicyclic) bond motifs is 1. The molecule has 0 aliphatic carbocycles. The second-order valence-electron chi connectivity index (χ2n) is 2.68. The van der Waals surface area contributed by atoms with Gasteiger partial charge in [0.1, 0.15) is 5.75 Å². The van der Waals surface area contributed by atoms with Gasteiger partial charge in [0, 0.05) is 0 Å². The SMILES string of the molecule is Clc1cccc2c1OCCC2. The van der Waals surface area contributed by atoms with Crippen LogP contribution in [0.4, 0.5) is 0 Å². The van der Waals surface area contributed by atoms with E-state index in [2.05, 4.69) is 6.07 Å². The van der Waals surface area contributed by atoms with Crippen molar-refractivity contribution in [2.45, 2.75) is 12.8 Å². The summed E-state index contributed by atoms with van der Waals surface area (Å²) in [4.78, 5) is 0. The van der Waals surface area contributed by atoms with E-state index in [1.807, 2.05) is 12.1 Å². The zero-order valence-corrected chi connectivity index (χ0v) is 6.90. The van der Waals surface area contributed by atoms with E-state index >= 15 is 0 Å². The highest BCUT2D eigenvalue weighted by Gasteiger charge is 2.11. The van der Waals surface area contributed by atoms with Gasteiger partial charge >= 0.3 is 0 Å². The number of halogens is 1.